The molecule has 0 saturated carbocycles. The molecular weight excluding hydrogens is 297 g/mol. The van der Waals surface area contributed by atoms with Crippen molar-refractivity contribution in [3.05, 3.63) is 29.3 Å². The number of nitrogens with zero attached hydrogens (tertiary/aromatic N) is 1. The summed E-state index contributed by atoms with van der Waals surface area (Å²) in [5, 5.41) is 3.41. The maximum absolute atomic E-state index is 12.8. The molecule has 21 heavy (non-hydrogen) atoms. The summed E-state index contributed by atoms with van der Waals surface area (Å²) in [6.07, 6.45) is -3.44. The first kappa shape index (κ1) is 16.1. The Hall–Kier alpha value is -1.30. The number of nitrogens with one attached hydrogen (secondary N) is 1. The SMILES string of the molecule is Cc1ccc(NC(=S)N2CCCC(C(F)(F)F)C2)cc1C. The van der Waals surface area contributed by atoms with Crippen molar-refractivity contribution >= 4 is 23.0 Å². The average molecular weight is 316 g/mol. The number of benzene rings is 1. The molecule has 1 saturated heterocycles. The molecule has 6 heteroatoms. The third-order valence-corrected chi connectivity index (χ3v) is 4.29. The minimum atomic E-state index is -4.14. The lowest BCUT2D eigenvalue weighted by Crippen LogP contribution is -2.46. The van der Waals surface area contributed by atoms with Crippen LogP contribution in [0.2, 0.25) is 0 Å². The van der Waals surface area contributed by atoms with E-state index < -0.39 is 12.1 Å². The number of thiocarbonyl (C=S) groups is 1. The number of likely N-dealkylation sites (tertiary alicyclic amines) is 1. The Labute approximate surface area is 128 Å². The van der Waals surface area contributed by atoms with Crippen LogP contribution in [-0.4, -0.2) is 29.3 Å². The Balaban J connectivity index is 2.01. The van der Waals surface area contributed by atoms with Crippen LogP contribution in [0.3, 0.4) is 0 Å². The number of piperidine rings is 1. The topological polar surface area (TPSA) is 15.3 Å². The van der Waals surface area contributed by atoms with E-state index in [0.717, 1.165) is 11.3 Å². The molecule has 1 N–H and O–H groups in total. The van der Waals surface area contributed by atoms with Gasteiger partial charge in [-0.2, -0.15) is 13.2 Å². The van der Waals surface area contributed by atoms with Gasteiger partial charge in [0.25, 0.3) is 0 Å². The van der Waals surface area contributed by atoms with Gasteiger partial charge in [-0.3, -0.25) is 0 Å². The van der Waals surface area contributed by atoms with Crippen molar-refractivity contribution in [3.8, 4) is 0 Å². The van der Waals surface area contributed by atoms with Crippen LogP contribution in [0.1, 0.15) is 24.0 Å². The van der Waals surface area contributed by atoms with E-state index >= 15 is 0 Å². The van der Waals surface area contributed by atoms with Gasteiger partial charge in [-0.1, -0.05) is 6.07 Å². The highest BCUT2D eigenvalue weighted by Gasteiger charge is 2.42. The van der Waals surface area contributed by atoms with Crippen LogP contribution in [0, 0.1) is 19.8 Å². The zero-order valence-corrected chi connectivity index (χ0v) is 12.9. The summed E-state index contributed by atoms with van der Waals surface area (Å²) in [5.74, 6) is -1.29. The molecule has 1 aromatic carbocycles. The molecule has 116 valence electrons. The van der Waals surface area contributed by atoms with Crippen LogP contribution >= 0.6 is 12.2 Å². The van der Waals surface area contributed by atoms with E-state index in [1.165, 1.54) is 5.56 Å². The second kappa shape index (κ2) is 6.22. The molecule has 1 atom stereocenters. The second-order valence-corrected chi connectivity index (χ2v) is 5.94. The first-order valence-electron chi connectivity index (χ1n) is 6.97. The highest BCUT2D eigenvalue weighted by molar-refractivity contribution is 7.80. The predicted octanol–water partition coefficient (Wildman–Crippen LogP) is 4.27. The van der Waals surface area contributed by atoms with Gasteiger partial charge in [-0.25, -0.2) is 0 Å². The lowest BCUT2D eigenvalue weighted by molar-refractivity contribution is -0.183. The van der Waals surface area contributed by atoms with Crippen molar-refractivity contribution in [2.75, 3.05) is 18.4 Å². The van der Waals surface area contributed by atoms with Crippen LogP contribution in [0.15, 0.2) is 18.2 Å². The number of alkyl halides is 3. The summed E-state index contributed by atoms with van der Waals surface area (Å²) in [5.41, 5.74) is 3.11. The predicted molar refractivity (Wildman–Crippen MR) is 82.5 cm³/mol. The molecule has 0 amide bonds. The maximum atomic E-state index is 12.8. The van der Waals surface area contributed by atoms with Crippen molar-refractivity contribution in [2.24, 2.45) is 5.92 Å². The quantitative estimate of drug-likeness (QED) is 0.779. The first-order valence-corrected chi connectivity index (χ1v) is 7.38. The smallest absolute Gasteiger partial charge is 0.348 e. The molecule has 0 radical (unpaired) electrons. The Morgan fingerprint density at radius 1 is 1.29 bits per heavy atom. The van der Waals surface area contributed by atoms with Gasteiger partial charge in [0, 0.05) is 18.8 Å². The van der Waals surface area contributed by atoms with E-state index in [0.29, 0.717) is 18.1 Å². The minimum Gasteiger partial charge on any atom is -0.348 e. The second-order valence-electron chi connectivity index (χ2n) is 5.56. The van der Waals surface area contributed by atoms with Gasteiger partial charge in [-0.05, 0) is 62.2 Å². The highest BCUT2D eigenvalue weighted by Crippen LogP contribution is 2.33. The van der Waals surface area contributed by atoms with Gasteiger partial charge in [0.2, 0.25) is 0 Å². The fourth-order valence-corrected chi connectivity index (χ4v) is 2.73. The zero-order chi connectivity index (χ0) is 15.6. The van der Waals surface area contributed by atoms with Crippen molar-refractivity contribution in [1.29, 1.82) is 0 Å². The van der Waals surface area contributed by atoms with Gasteiger partial charge in [0.1, 0.15) is 0 Å². The Bertz CT molecular complexity index is 528. The summed E-state index contributed by atoms with van der Waals surface area (Å²) >= 11 is 5.26. The van der Waals surface area contributed by atoms with Crippen LogP contribution in [0.25, 0.3) is 0 Å². The molecule has 0 aromatic heterocycles. The number of halogens is 3. The van der Waals surface area contributed by atoms with E-state index in [1.54, 1.807) is 4.90 Å². The maximum Gasteiger partial charge on any atom is 0.393 e. The van der Waals surface area contributed by atoms with Crippen LogP contribution in [0.4, 0.5) is 18.9 Å². The fraction of sp³-hybridized carbons (Fsp3) is 0.533. The standard InChI is InChI=1S/C15H19F3N2S/c1-10-5-6-13(8-11(10)2)19-14(21)20-7-3-4-12(9-20)15(16,17)18/h5-6,8,12H,3-4,7,9H2,1-2H3,(H,19,21). The molecule has 1 aliphatic rings. The van der Waals surface area contributed by atoms with Crippen LogP contribution in [-0.2, 0) is 0 Å². The summed E-state index contributed by atoms with van der Waals surface area (Å²) in [6.45, 7) is 4.52. The zero-order valence-electron chi connectivity index (χ0n) is 12.1. The van der Waals surface area contributed by atoms with Crippen molar-refractivity contribution < 1.29 is 13.2 Å². The van der Waals surface area contributed by atoms with E-state index in [2.05, 4.69) is 5.32 Å². The molecule has 0 spiro atoms. The number of anilines is 1. The van der Waals surface area contributed by atoms with Crippen molar-refractivity contribution in [2.45, 2.75) is 32.9 Å². The summed E-state index contributed by atoms with van der Waals surface area (Å²) in [6, 6.07) is 5.81. The minimum absolute atomic E-state index is 0.0554. The fourth-order valence-electron chi connectivity index (χ4n) is 2.45. The molecule has 0 bridgehead atoms. The number of hydrogen-bond acceptors (Lipinski definition) is 1. The monoisotopic (exact) mass is 316 g/mol. The third kappa shape index (κ3) is 4.09. The van der Waals surface area contributed by atoms with Gasteiger partial charge >= 0.3 is 6.18 Å². The van der Waals surface area contributed by atoms with Crippen LogP contribution in [0.5, 0.6) is 0 Å². The molecule has 2 rings (SSSR count). The molecule has 2 nitrogen and oxygen atoms in total. The molecule has 1 heterocycles. The number of aryl methyl sites for hydroxylation is 2. The van der Waals surface area contributed by atoms with Gasteiger partial charge in [0.15, 0.2) is 5.11 Å². The van der Waals surface area contributed by atoms with Crippen LogP contribution < -0.4 is 5.32 Å². The van der Waals surface area contributed by atoms with E-state index in [-0.39, 0.29) is 13.0 Å². The largest absolute Gasteiger partial charge is 0.393 e. The van der Waals surface area contributed by atoms with Gasteiger partial charge < -0.3 is 10.2 Å². The number of hydrogen-bond donors (Lipinski definition) is 1. The normalized spacial score (nSPS) is 19.5. The Morgan fingerprint density at radius 3 is 2.62 bits per heavy atom. The Kier molecular flexibility index (Phi) is 4.76. The Morgan fingerprint density at radius 2 is 2.00 bits per heavy atom. The molecular formula is C15H19F3N2S. The summed E-state index contributed by atoms with van der Waals surface area (Å²) in [4.78, 5) is 1.62. The lowest BCUT2D eigenvalue weighted by Gasteiger charge is -2.35. The van der Waals surface area contributed by atoms with E-state index in [9.17, 15) is 13.2 Å². The molecule has 0 aliphatic carbocycles. The number of rotatable bonds is 1. The van der Waals surface area contributed by atoms with Crippen molar-refractivity contribution in [3.63, 3.8) is 0 Å². The highest BCUT2D eigenvalue weighted by atomic mass is 32.1. The third-order valence-electron chi connectivity index (χ3n) is 3.93. The average Bonchev–Trinajstić information content (AvgIpc) is 2.42. The molecule has 1 aliphatic heterocycles. The molecule has 1 fully saturated rings. The molecule has 1 aromatic rings. The van der Waals surface area contributed by atoms with Crippen molar-refractivity contribution in [1.82, 2.24) is 4.90 Å². The van der Waals surface area contributed by atoms with E-state index in [4.69, 9.17) is 12.2 Å². The first-order chi connectivity index (χ1) is 9.77. The summed E-state index contributed by atoms with van der Waals surface area (Å²) < 4.78 is 38.4. The van der Waals surface area contributed by atoms with Gasteiger partial charge in [-0.15, -0.1) is 0 Å². The molecule has 1 unspecified atom stereocenters. The van der Waals surface area contributed by atoms with E-state index in [1.807, 2.05) is 32.0 Å². The lowest BCUT2D eigenvalue weighted by atomic mass is 9.98. The summed E-state index contributed by atoms with van der Waals surface area (Å²) in [7, 11) is 0. The van der Waals surface area contributed by atoms with Gasteiger partial charge in [0.05, 0.1) is 5.92 Å².